The summed E-state index contributed by atoms with van der Waals surface area (Å²) in [6.07, 6.45) is 1.45. The molecular weight excluding hydrogens is 388 g/mol. The normalized spacial score (nSPS) is 16.1. The van der Waals surface area contributed by atoms with Gasteiger partial charge in [0.15, 0.2) is 0 Å². The van der Waals surface area contributed by atoms with Crippen molar-refractivity contribution < 1.29 is 18.4 Å². The summed E-state index contributed by atoms with van der Waals surface area (Å²) in [5, 5.41) is 5.73. The first kappa shape index (κ1) is 21.9. The predicted octanol–water partition coefficient (Wildman–Crippen LogP) is 3.36. The maximum atomic E-state index is 13.8. The average Bonchev–Trinajstić information content (AvgIpc) is 2.72. The number of nitrogens with zero attached hydrogens (tertiary/aromatic N) is 1. The van der Waals surface area contributed by atoms with E-state index >= 15 is 0 Å². The summed E-state index contributed by atoms with van der Waals surface area (Å²) in [4.78, 5) is 26.7. The molecule has 7 heteroatoms. The molecule has 1 heterocycles. The Hall–Kier alpha value is -2.80. The first-order chi connectivity index (χ1) is 14.4. The highest BCUT2D eigenvalue weighted by Gasteiger charge is 2.26. The highest BCUT2D eigenvalue weighted by Crippen LogP contribution is 2.19. The number of halogens is 2. The van der Waals surface area contributed by atoms with Crippen LogP contribution in [0.2, 0.25) is 0 Å². The molecule has 2 aromatic carbocycles. The minimum Gasteiger partial charge on any atom is -0.352 e. The predicted molar refractivity (Wildman–Crippen MR) is 112 cm³/mol. The molecule has 0 aromatic heterocycles. The van der Waals surface area contributed by atoms with Crippen molar-refractivity contribution in [2.75, 3.05) is 25.0 Å². The molecule has 30 heavy (non-hydrogen) atoms. The quantitative estimate of drug-likeness (QED) is 0.729. The van der Waals surface area contributed by atoms with Crippen LogP contribution in [0.1, 0.15) is 25.3 Å². The highest BCUT2D eigenvalue weighted by molar-refractivity contribution is 5.92. The first-order valence-electron chi connectivity index (χ1n) is 10.2. The third-order valence-corrected chi connectivity index (χ3v) is 5.35. The largest absolute Gasteiger partial charge is 0.352 e. The Balaban J connectivity index is 1.41. The number of likely N-dealkylation sites (tertiary alicyclic amines) is 1. The third kappa shape index (κ3) is 6.10. The second-order valence-electron chi connectivity index (χ2n) is 7.78. The van der Waals surface area contributed by atoms with E-state index < -0.39 is 17.7 Å². The van der Waals surface area contributed by atoms with Crippen LogP contribution < -0.4 is 10.6 Å². The number of hydrogen-bond acceptors (Lipinski definition) is 3. The second-order valence-corrected chi connectivity index (χ2v) is 7.78. The molecule has 0 aliphatic carbocycles. The van der Waals surface area contributed by atoms with Gasteiger partial charge in [-0.2, -0.15) is 0 Å². The Morgan fingerprint density at radius 3 is 2.30 bits per heavy atom. The Morgan fingerprint density at radius 2 is 1.67 bits per heavy atom. The van der Waals surface area contributed by atoms with Gasteiger partial charge >= 0.3 is 0 Å². The molecule has 1 unspecified atom stereocenters. The second kappa shape index (κ2) is 10.3. The third-order valence-electron chi connectivity index (χ3n) is 5.35. The number of carbonyl (C=O) groups excluding carboxylic acids is 2. The zero-order valence-corrected chi connectivity index (χ0v) is 17.0. The fourth-order valence-corrected chi connectivity index (χ4v) is 3.73. The van der Waals surface area contributed by atoms with E-state index in [4.69, 9.17) is 0 Å². The van der Waals surface area contributed by atoms with Crippen LogP contribution in [0, 0.1) is 17.6 Å². The number of piperidine rings is 1. The Morgan fingerprint density at radius 1 is 1.03 bits per heavy atom. The summed E-state index contributed by atoms with van der Waals surface area (Å²) in [7, 11) is 0. The summed E-state index contributed by atoms with van der Waals surface area (Å²) >= 11 is 0. The molecule has 2 aromatic rings. The number of hydrogen-bond donors (Lipinski definition) is 2. The topological polar surface area (TPSA) is 61.4 Å². The van der Waals surface area contributed by atoms with Crippen molar-refractivity contribution in [3.63, 3.8) is 0 Å². The van der Waals surface area contributed by atoms with E-state index in [9.17, 15) is 18.4 Å². The monoisotopic (exact) mass is 415 g/mol. The van der Waals surface area contributed by atoms with Crippen molar-refractivity contribution in [2.45, 2.75) is 32.2 Å². The van der Waals surface area contributed by atoms with Gasteiger partial charge in [0.2, 0.25) is 11.8 Å². The van der Waals surface area contributed by atoms with Crippen LogP contribution in [0.5, 0.6) is 0 Å². The summed E-state index contributed by atoms with van der Waals surface area (Å²) in [5.41, 5.74) is 0.764. The fraction of sp³-hybridized carbons (Fsp3) is 0.391. The summed E-state index contributed by atoms with van der Waals surface area (Å²) in [6, 6.07) is 12.7. The average molecular weight is 415 g/mol. The Labute approximate surface area is 175 Å². The van der Waals surface area contributed by atoms with Crippen molar-refractivity contribution in [3.05, 3.63) is 65.7 Å². The molecule has 1 aliphatic rings. The lowest BCUT2D eigenvalue weighted by molar-refractivity contribution is -0.123. The Bertz CT molecular complexity index is 848. The molecule has 1 fully saturated rings. The van der Waals surface area contributed by atoms with E-state index in [1.807, 2.05) is 35.2 Å². The molecule has 160 valence electrons. The molecule has 0 spiro atoms. The molecule has 1 aliphatic heterocycles. The van der Waals surface area contributed by atoms with Gasteiger partial charge in [0.1, 0.15) is 11.6 Å². The minimum atomic E-state index is -0.605. The van der Waals surface area contributed by atoms with Gasteiger partial charge in [0.05, 0.1) is 6.54 Å². The van der Waals surface area contributed by atoms with Crippen LogP contribution in [0.15, 0.2) is 48.5 Å². The van der Waals surface area contributed by atoms with Gasteiger partial charge in [0, 0.05) is 23.2 Å². The molecule has 2 N–H and O–H groups in total. The maximum Gasteiger partial charge on any atom is 0.234 e. The van der Waals surface area contributed by atoms with Gasteiger partial charge in [-0.1, -0.05) is 24.3 Å². The molecule has 2 amide bonds. The van der Waals surface area contributed by atoms with Crippen LogP contribution in [0.25, 0.3) is 0 Å². The number of para-hydroxylation sites is 1. The van der Waals surface area contributed by atoms with Crippen LogP contribution >= 0.6 is 0 Å². The molecule has 1 saturated heterocycles. The standard InChI is InChI=1S/C23H27F2N3O2/c1-16(14-19-20(24)8-5-9-21(19)25)26-22(29)15-28-12-10-17(11-13-28)23(30)27-18-6-3-2-4-7-18/h2-9,16-17H,10-15H2,1H3,(H,26,29)(H,27,30). The molecule has 0 bridgehead atoms. The molecule has 0 saturated carbocycles. The highest BCUT2D eigenvalue weighted by atomic mass is 19.1. The summed E-state index contributed by atoms with van der Waals surface area (Å²) in [6.45, 7) is 3.23. The lowest BCUT2D eigenvalue weighted by atomic mass is 9.95. The van der Waals surface area contributed by atoms with Gasteiger partial charge in [-0.25, -0.2) is 8.78 Å². The van der Waals surface area contributed by atoms with Crippen molar-refractivity contribution in [2.24, 2.45) is 5.92 Å². The van der Waals surface area contributed by atoms with Crippen molar-refractivity contribution in [3.8, 4) is 0 Å². The zero-order chi connectivity index (χ0) is 21.5. The SMILES string of the molecule is CC(Cc1c(F)cccc1F)NC(=O)CN1CCC(C(=O)Nc2ccccc2)CC1. The Kier molecular flexibility index (Phi) is 7.52. The van der Waals surface area contributed by atoms with Gasteiger partial charge in [0.25, 0.3) is 0 Å². The first-order valence-corrected chi connectivity index (χ1v) is 10.2. The van der Waals surface area contributed by atoms with Crippen LogP contribution in [0.4, 0.5) is 14.5 Å². The van der Waals surface area contributed by atoms with E-state index in [1.165, 1.54) is 18.2 Å². The number of rotatable bonds is 7. The van der Waals surface area contributed by atoms with E-state index in [1.54, 1.807) is 6.92 Å². The zero-order valence-electron chi connectivity index (χ0n) is 17.0. The van der Waals surface area contributed by atoms with Crippen LogP contribution in [-0.4, -0.2) is 42.4 Å². The number of amides is 2. The molecular formula is C23H27F2N3O2. The minimum absolute atomic E-state index is 0.00541. The number of benzene rings is 2. The van der Waals surface area contributed by atoms with Crippen molar-refractivity contribution in [1.82, 2.24) is 10.2 Å². The van der Waals surface area contributed by atoms with Gasteiger partial charge < -0.3 is 10.6 Å². The number of anilines is 1. The van der Waals surface area contributed by atoms with Gasteiger partial charge in [-0.3, -0.25) is 14.5 Å². The summed E-state index contributed by atoms with van der Waals surface area (Å²) < 4.78 is 27.5. The lowest BCUT2D eigenvalue weighted by Crippen LogP contribution is -2.45. The maximum absolute atomic E-state index is 13.8. The van der Waals surface area contributed by atoms with Gasteiger partial charge in [-0.05, 0) is 63.5 Å². The van der Waals surface area contributed by atoms with Crippen LogP contribution in [-0.2, 0) is 16.0 Å². The summed E-state index contributed by atoms with van der Waals surface area (Å²) in [5.74, 6) is -1.47. The van der Waals surface area contributed by atoms with E-state index in [0.29, 0.717) is 25.9 Å². The van der Waals surface area contributed by atoms with Crippen molar-refractivity contribution >= 4 is 17.5 Å². The van der Waals surface area contributed by atoms with Gasteiger partial charge in [-0.15, -0.1) is 0 Å². The van der Waals surface area contributed by atoms with E-state index in [-0.39, 0.29) is 36.3 Å². The number of nitrogens with one attached hydrogen (secondary N) is 2. The molecule has 5 nitrogen and oxygen atoms in total. The van der Waals surface area contributed by atoms with Crippen LogP contribution in [0.3, 0.4) is 0 Å². The van der Waals surface area contributed by atoms with E-state index in [0.717, 1.165) is 5.69 Å². The number of carbonyl (C=O) groups is 2. The lowest BCUT2D eigenvalue weighted by Gasteiger charge is -2.31. The van der Waals surface area contributed by atoms with E-state index in [2.05, 4.69) is 10.6 Å². The molecule has 0 radical (unpaired) electrons. The van der Waals surface area contributed by atoms with Crippen molar-refractivity contribution in [1.29, 1.82) is 0 Å². The molecule has 1 atom stereocenters. The smallest absolute Gasteiger partial charge is 0.234 e. The fourth-order valence-electron chi connectivity index (χ4n) is 3.73. The molecule has 3 rings (SSSR count).